The Morgan fingerprint density at radius 2 is 1.34 bits per heavy atom. The van der Waals surface area contributed by atoms with Crippen molar-refractivity contribution < 1.29 is 51.1 Å². The van der Waals surface area contributed by atoms with Crippen LogP contribution in [0.3, 0.4) is 0 Å². The molecule has 1 amide bonds. The van der Waals surface area contributed by atoms with E-state index >= 15 is 0 Å². The Morgan fingerprint density at radius 1 is 0.886 bits per heavy atom. The summed E-state index contributed by atoms with van der Waals surface area (Å²) in [6, 6.07) is 5.40. The van der Waals surface area contributed by atoms with Crippen LogP contribution in [0.4, 0.5) is 0 Å². The molecule has 0 aromatic heterocycles. The summed E-state index contributed by atoms with van der Waals surface area (Å²) in [7, 11) is -5.02. The number of carbonyl (C=O) groups is 3. The topological polar surface area (TPSA) is 153 Å². The molecule has 1 aromatic carbocycles. The van der Waals surface area contributed by atoms with Crippen LogP contribution in [0.25, 0.3) is 0 Å². The van der Waals surface area contributed by atoms with E-state index in [0.29, 0.717) is 10.8 Å². The Balaban J connectivity index is 4.11. The quantitative estimate of drug-likeness (QED) is 0.215. The highest BCUT2D eigenvalue weighted by Crippen LogP contribution is 2.63. The third-order valence-corrected chi connectivity index (χ3v) is 8.58. The van der Waals surface area contributed by atoms with Gasteiger partial charge in [-0.1, -0.05) is 11.6 Å². The molecule has 0 unspecified atom stereocenters. The molecule has 0 saturated carbocycles. The fourth-order valence-corrected chi connectivity index (χ4v) is 5.92. The van der Waals surface area contributed by atoms with E-state index in [0.717, 1.165) is 28.4 Å². The monoisotopic (exact) mass is 555 g/mol. The van der Waals surface area contributed by atoms with Gasteiger partial charge in [-0.25, -0.2) is 9.59 Å². The normalized spacial score (nSPS) is 12.7. The third kappa shape index (κ3) is 7.01. The largest absolute Gasteiger partial charge is 0.464 e. The van der Waals surface area contributed by atoms with Crippen LogP contribution in [-0.4, -0.2) is 65.0 Å². The number of amides is 1. The molecule has 0 saturated heterocycles. The minimum absolute atomic E-state index is 0.0435. The van der Waals surface area contributed by atoms with Crippen LogP contribution in [0, 0.1) is 0 Å². The minimum atomic E-state index is -4.65. The molecule has 1 N–H and O–H groups in total. The maximum atomic E-state index is 13.7. The van der Waals surface area contributed by atoms with E-state index in [4.69, 9.17) is 39.2 Å². The SMILES string of the molecule is CCOC(=O)C(NC(=O)c1ccc(Cl)cc1)(C(=O)OCC)/C(=C/P(=O)(OC)OC)P(=O)(OC)OC. The van der Waals surface area contributed by atoms with Crippen molar-refractivity contribution in [2.75, 3.05) is 41.7 Å². The lowest BCUT2D eigenvalue weighted by molar-refractivity contribution is -0.163. The van der Waals surface area contributed by atoms with E-state index in [1.807, 2.05) is 0 Å². The summed E-state index contributed by atoms with van der Waals surface area (Å²) in [5.74, 6) is -3.24. The molecule has 196 valence electrons. The van der Waals surface area contributed by atoms with Crippen molar-refractivity contribution in [2.45, 2.75) is 19.4 Å². The average Bonchev–Trinajstić information content (AvgIpc) is 2.85. The van der Waals surface area contributed by atoms with Crippen molar-refractivity contribution in [3.05, 3.63) is 46.0 Å². The zero-order chi connectivity index (χ0) is 26.9. The summed E-state index contributed by atoms with van der Waals surface area (Å²) in [5.41, 5.74) is -3.03. The zero-order valence-corrected chi connectivity index (χ0v) is 22.6. The second-order valence-electron chi connectivity index (χ2n) is 6.43. The fourth-order valence-electron chi connectivity index (χ4n) is 2.75. The molecule has 1 rings (SSSR count). The standard InChI is InChI=1S/C20H28ClNO11P2/c1-7-32-18(24)20(19(25)33-8-2,22-17(23)14-9-11-15(21)12-10-14)16(35(27,30-5)31-6)13-34(26,28-3)29-4/h9-13H,7-8H2,1-6H3,(H,22,23)/b16-13-. The van der Waals surface area contributed by atoms with Gasteiger partial charge in [0.2, 0.25) is 0 Å². The van der Waals surface area contributed by atoms with Crippen molar-refractivity contribution in [3.63, 3.8) is 0 Å². The highest BCUT2D eigenvalue weighted by Gasteiger charge is 2.61. The van der Waals surface area contributed by atoms with Gasteiger partial charge < -0.3 is 32.9 Å². The highest BCUT2D eigenvalue weighted by atomic mass is 35.5. The number of hydrogen-bond donors (Lipinski definition) is 1. The number of carbonyl (C=O) groups excluding carboxylic acids is 3. The third-order valence-electron chi connectivity index (χ3n) is 4.52. The zero-order valence-electron chi connectivity index (χ0n) is 20.1. The Labute approximate surface area is 208 Å². The molecule has 0 bridgehead atoms. The van der Waals surface area contributed by atoms with Gasteiger partial charge in [-0.2, -0.15) is 0 Å². The van der Waals surface area contributed by atoms with E-state index in [-0.39, 0.29) is 18.8 Å². The Kier molecular flexibility index (Phi) is 11.8. The molecular weight excluding hydrogens is 528 g/mol. The molecule has 35 heavy (non-hydrogen) atoms. The molecule has 0 radical (unpaired) electrons. The van der Waals surface area contributed by atoms with Crippen molar-refractivity contribution >= 4 is 44.6 Å². The summed E-state index contributed by atoms with van der Waals surface area (Å²) in [4.78, 5) is 40.0. The van der Waals surface area contributed by atoms with Crippen molar-refractivity contribution in [3.8, 4) is 0 Å². The molecule has 0 atom stereocenters. The van der Waals surface area contributed by atoms with Crippen LogP contribution in [0.2, 0.25) is 5.02 Å². The minimum Gasteiger partial charge on any atom is -0.464 e. The van der Waals surface area contributed by atoms with Crippen LogP contribution in [-0.2, 0) is 46.3 Å². The van der Waals surface area contributed by atoms with Gasteiger partial charge in [0.15, 0.2) is 0 Å². The second kappa shape index (κ2) is 13.3. The van der Waals surface area contributed by atoms with Crippen LogP contribution in [0.5, 0.6) is 0 Å². The van der Waals surface area contributed by atoms with E-state index in [1.165, 1.54) is 38.1 Å². The number of hydrogen-bond acceptors (Lipinski definition) is 11. The summed E-state index contributed by atoms with van der Waals surface area (Å²) >= 11 is 5.87. The fraction of sp³-hybridized carbons (Fsp3) is 0.450. The van der Waals surface area contributed by atoms with Crippen molar-refractivity contribution in [1.29, 1.82) is 0 Å². The van der Waals surface area contributed by atoms with Crippen LogP contribution in [0.15, 0.2) is 35.4 Å². The summed E-state index contributed by atoms with van der Waals surface area (Å²) in [5, 5.41) is 1.63. The smallest absolute Gasteiger partial charge is 0.360 e. The van der Waals surface area contributed by atoms with Gasteiger partial charge in [0.1, 0.15) is 0 Å². The maximum Gasteiger partial charge on any atom is 0.360 e. The number of nitrogens with one attached hydrogen (secondary N) is 1. The average molecular weight is 556 g/mol. The van der Waals surface area contributed by atoms with E-state index in [2.05, 4.69) is 5.32 Å². The lowest BCUT2D eigenvalue weighted by Crippen LogP contribution is -2.62. The maximum absolute atomic E-state index is 13.7. The predicted molar refractivity (Wildman–Crippen MR) is 126 cm³/mol. The first-order chi connectivity index (χ1) is 16.4. The molecule has 1 aromatic rings. The predicted octanol–water partition coefficient (Wildman–Crippen LogP) is 3.75. The van der Waals surface area contributed by atoms with Gasteiger partial charge >= 0.3 is 27.1 Å². The number of benzene rings is 1. The number of esters is 2. The first-order valence-electron chi connectivity index (χ1n) is 10.0. The number of ether oxygens (including phenoxy) is 2. The van der Waals surface area contributed by atoms with Gasteiger partial charge in [0.05, 0.1) is 18.5 Å². The Hall–Kier alpha value is -2.04. The van der Waals surface area contributed by atoms with Crippen LogP contribution < -0.4 is 5.32 Å². The van der Waals surface area contributed by atoms with Crippen LogP contribution in [0.1, 0.15) is 24.2 Å². The molecule has 15 heteroatoms. The summed E-state index contributed by atoms with van der Waals surface area (Å²) < 4.78 is 56.6. The van der Waals surface area contributed by atoms with Crippen molar-refractivity contribution in [2.24, 2.45) is 0 Å². The molecular formula is C20H28ClNO11P2. The Morgan fingerprint density at radius 3 is 1.71 bits per heavy atom. The number of rotatable bonds is 13. The Bertz CT molecular complexity index is 1010. The van der Waals surface area contributed by atoms with E-state index in [1.54, 1.807) is 0 Å². The molecule has 12 nitrogen and oxygen atoms in total. The molecule has 0 aliphatic heterocycles. The summed E-state index contributed by atoms with van der Waals surface area (Å²) in [6.45, 7) is 2.33. The number of halogens is 1. The van der Waals surface area contributed by atoms with Gasteiger partial charge in [-0.15, -0.1) is 0 Å². The second-order valence-corrected chi connectivity index (χ2v) is 11.1. The van der Waals surface area contributed by atoms with Gasteiger partial charge in [-0.05, 0) is 38.1 Å². The van der Waals surface area contributed by atoms with Crippen molar-refractivity contribution in [1.82, 2.24) is 5.32 Å². The van der Waals surface area contributed by atoms with Gasteiger partial charge in [0, 0.05) is 44.8 Å². The highest BCUT2D eigenvalue weighted by molar-refractivity contribution is 7.62. The first kappa shape index (κ1) is 31.0. The lowest BCUT2D eigenvalue weighted by Gasteiger charge is -2.34. The lowest BCUT2D eigenvalue weighted by atomic mass is 9.98. The first-order valence-corrected chi connectivity index (χ1v) is 13.6. The summed E-state index contributed by atoms with van der Waals surface area (Å²) in [6.07, 6.45) is 0. The van der Waals surface area contributed by atoms with Crippen LogP contribution >= 0.6 is 26.8 Å². The van der Waals surface area contributed by atoms with E-state index in [9.17, 15) is 23.5 Å². The molecule has 0 aliphatic rings. The molecule has 0 fully saturated rings. The van der Waals surface area contributed by atoms with E-state index < -0.39 is 43.9 Å². The van der Waals surface area contributed by atoms with Gasteiger partial charge in [0.25, 0.3) is 11.4 Å². The molecule has 0 heterocycles. The molecule has 0 aliphatic carbocycles. The molecule has 0 spiro atoms. The van der Waals surface area contributed by atoms with Gasteiger partial charge in [-0.3, -0.25) is 13.9 Å².